The fourth-order valence-electron chi connectivity index (χ4n) is 5.15. The predicted octanol–water partition coefficient (Wildman–Crippen LogP) is 3.72. The molecule has 0 saturated carbocycles. The zero-order valence-corrected chi connectivity index (χ0v) is 21.6. The summed E-state index contributed by atoms with van der Waals surface area (Å²) < 4.78 is 2.10. The third-order valence-corrected chi connectivity index (χ3v) is 7.27. The van der Waals surface area contributed by atoms with Crippen LogP contribution in [0.2, 0.25) is 0 Å². The number of nitrogens with one attached hydrogen (secondary N) is 1. The number of imidazole rings is 1. The van der Waals surface area contributed by atoms with Crippen molar-refractivity contribution in [1.82, 2.24) is 19.4 Å². The van der Waals surface area contributed by atoms with E-state index in [-0.39, 0.29) is 24.4 Å². The first-order chi connectivity index (χ1) is 17.9. The van der Waals surface area contributed by atoms with Gasteiger partial charge in [-0.05, 0) is 62.1 Å². The highest BCUT2D eigenvalue weighted by Crippen LogP contribution is 2.29. The summed E-state index contributed by atoms with van der Waals surface area (Å²) in [5.74, 6) is 0.933. The molecule has 2 aromatic carbocycles. The van der Waals surface area contributed by atoms with Crippen molar-refractivity contribution in [1.29, 1.82) is 0 Å². The van der Waals surface area contributed by atoms with Crippen molar-refractivity contribution in [3.63, 3.8) is 0 Å². The summed E-state index contributed by atoms with van der Waals surface area (Å²) in [4.78, 5) is 11.8. The van der Waals surface area contributed by atoms with Crippen molar-refractivity contribution in [3.8, 4) is 5.75 Å². The summed E-state index contributed by atoms with van der Waals surface area (Å²) in [5, 5.41) is 23.5. The van der Waals surface area contributed by atoms with Crippen LogP contribution in [0.3, 0.4) is 0 Å². The number of aryl methyl sites for hydroxylation is 2. The topological polar surface area (TPSA) is 112 Å². The van der Waals surface area contributed by atoms with Crippen molar-refractivity contribution in [3.05, 3.63) is 82.7 Å². The molecule has 37 heavy (non-hydrogen) atoms. The number of rotatable bonds is 8. The average Bonchev–Trinajstić information content (AvgIpc) is 3.23. The van der Waals surface area contributed by atoms with Crippen molar-refractivity contribution in [2.45, 2.75) is 45.3 Å². The van der Waals surface area contributed by atoms with Gasteiger partial charge >= 0.3 is 0 Å². The smallest absolute Gasteiger partial charge is 0.204 e. The Balaban J connectivity index is 1.51. The SMILES string of the molecule is Cc1cccc(C(N)c2ccc3nc(NC4CCN(CCO)CC4)n(Cc4nc(C)ccc4O)c3c2)c1. The highest BCUT2D eigenvalue weighted by Gasteiger charge is 2.22. The Hall–Kier alpha value is -3.46. The number of nitrogens with zero attached hydrogens (tertiary/aromatic N) is 4. The average molecular weight is 501 g/mol. The molecule has 0 bridgehead atoms. The van der Waals surface area contributed by atoms with E-state index >= 15 is 0 Å². The first-order valence-electron chi connectivity index (χ1n) is 13.0. The predicted molar refractivity (Wildman–Crippen MR) is 147 cm³/mol. The van der Waals surface area contributed by atoms with Crippen LogP contribution in [-0.2, 0) is 6.54 Å². The molecule has 194 valence electrons. The maximum atomic E-state index is 10.6. The van der Waals surface area contributed by atoms with Crippen LogP contribution in [-0.4, -0.2) is 61.9 Å². The molecule has 0 radical (unpaired) electrons. The number of pyridine rings is 1. The summed E-state index contributed by atoms with van der Waals surface area (Å²) in [6.45, 7) is 7.16. The van der Waals surface area contributed by atoms with Crippen LogP contribution in [0, 0.1) is 13.8 Å². The molecule has 5 N–H and O–H groups in total. The number of aliphatic hydroxyl groups is 1. The minimum Gasteiger partial charge on any atom is -0.506 e. The minimum atomic E-state index is -0.259. The number of hydrogen-bond donors (Lipinski definition) is 4. The number of benzene rings is 2. The lowest BCUT2D eigenvalue weighted by Gasteiger charge is -2.32. The highest BCUT2D eigenvalue weighted by atomic mass is 16.3. The molecule has 5 rings (SSSR count). The largest absolute Gasteiger partial charge is 0.506 e. The van der Waals surface area contributed by atoms with Crippen molar-refractivity contribution < 1.29 is 10.2 Å². The molecule has 1 aliphatic heterocycles. The molecule has 2 aromatic heterocycles. The molecular formula is C29H36N6O2. The van der Waals surface area contributed by atoms with Gasteiger partial charge in [0, 0.05) is 31.4 Å². The molecule has 4 aromatic rings. The Kier molecular flexibility index (Phi) is 7.41. The Labute approximate surface area is 217 Å². The van der Waals surface area contributed by atoms with Gasteiger partial charge in [0.15, 0.2) is 0 Å². The number of likely N-dealkylation sites (tertiary alicyclic amines) is 1. The standard InChI is InChI=1S/C29H36N6O2/c1-19-4-3-5-21(16-19)28(30)22-7-8-24-26(17-22)35(18-25-27(37)9-6-20(2)31-25)29(33-24)32-23-10-12-34(13-11-23)14-15-36/h3-9,16-17,23,28,36-37H,10-15,18,30H2,1-2H3,(H,32,33). The number of piperidine rings is 1. The second kappa shape index (κ2) is 10.9. The number of hydrogen-bond acceptors (Lipinski definition) is 7. The lowest BCUT2D eigenvalue weighted by molar-refractivity contribution is 0.168. The Bertz CT molecular complexity index is 1380. The van der Waals surface area contributed by atoms with E-state index in [1.807, 2.05) is 31.2 Å². The lowest BCUT2D eigenvalue weighted by Crippen LogP contribution is -2.40. The van der Waals surface area contributed by atoms with Crippen LogP contribution < -0.4 is 11.1 Å². The minimum absolute atomic E-state index is 0.170. The number of β-amino-alcohol motifs (C(OH)–C–C–N with tert-alkyl or cyclic N) is 1. The third-order valence-electron chi connectivity index (χ3n) is 7.27. The molecule has 1 saturated heterocycles. The molecule has 3 heterocycles. The van der Waals surface area contributed by atoms with E-state index in [4.69, 9.17) is 10.7 Å². The number of aromatic hydroxyl groups is 1. The Morgan fingerprint density at radius 1 is 1.03 bits per heavy atom. The lowest BCUT2D eigenvalue weighted by atomic mass is 9.98. The van der Waals surface area contributed by atoms with Gasteiger partial charge < -0.3 is 30.7 Å². The molecule has 0 aliphatic carbocycles. The van der Waals surface area contributed by atoms with Gasteiger partial charge in [0.05, 0.1) is 30.2 Å². The summed E-state index contributed by atoms with van der Waals surface area (Å²) in [7, 11) is 0. The fraction of sp³-hybridized carbons (Fsp3) is 0.379. The summed E-state index contributed by atoms with van der Waals surface area (Å²) >= 11 is 0. The normalized spacial score (nSPS) is 15.8. The van der Waals surface area contributed by atoms with E-state index in [0.29, 0.717) is 18.8 Å². The van der Waals surface area contributed by atoms with Crippen molar-refractivity contribution in [2.75, 3.05) is 31.6 Å². The van der Waals surface area contributed by atoms with Crippen LogP contribution in [0.25, 0.3) is 11.0 Å². The van der Waals surface area contributed by atoms with Gasteiger partial charge in [-0.15, -0.1) is 0 Å². The van der Waals surface area contributed by atoms with E-state index in [9.17, 15) is 10.2 Å². The first-order valence-corrected chi connectivity index (χ1v) is 13.0. The number of anilines is 1. The van der Waals surface area contributed by atoms with Crippen molar-refractivity contribution in [2.24, 2.45) is 5.73 Å². The van der Waals surface area contributed by atoms with Gasteiger partial charge in [0.2, 0.25) is 5.95 Å². The second-order valence-electron chi connectivity index (χ2n) is 10.1. The van der Waals surface area contributed by atoms with Crippen molar-refractivity contribution >= 4 is 17.0 Å². The van der Waals surface area contributed by atoms with E-state index < -0.39 is 0 Å². The number of fused-ring (bicyclic) bond motifs is 1. The van der Waals surface area contributed by atoms with E-state index in [2.05, 4.69) is 51.0 Å². The maximum Gasteiger partial charge on any atom is 0.204 e. The number of aromatic nitrogens is 3. The third kappa shape index (κ3) is 5.61. The summed E-state index contributed by atoms with van der Waals surface area (Å²) in [6, 6.07) is 18.0. The molecule has 1 fully saturated rings. The van der Waals surface area contributed by atoms with Gasteiger partial charge in [0.1, 0.15) is 11.4 Å². The number of nitrogens with two attached hydrogens (primary N) is 1. The summed E-state index contributed by atoms with van der Waals surface area (Å²) in [5.41, 5.74) is 13.2. The molecule has 8 nitrogen and oxygen atoms in total. The van der Waals surface area contributed by atoms with Crippen LogP contribution >= 0.6 is 0 Å². The number of aliphatic hydroxyl groups excluding tert-OH is 1. The van der Waals surface area contributed by atoms with Gasteiger partial charge in [-0.1, -0.05) is 35.9 Å². The molecular weight excluding hydrogens is 464 g/mol. The van der Waals surface area contributed by atoms with E-state index in [1.54, 1.807) is 6.07 Å². The van der Waals surface area contributed by atoms with Crippen LogP contribution in [0.4, 0.5) is 5.95 Å². The van der Waals surface area contributed by atoms with Gasteiger partial charge in [-0.2, -0.15) is 0 Å². The first kappa shape index (κ1) is 25.2. The fourth-order valence-corrected chi connectivity index (χ4v) is 5.15. The van der Waals surface area contributed by atoms with Crippen LogP contribution in [0.1, 0.15) is 47.0 Å². The highest BCUT2D eigenvalue weighted by molar-refractivity contribution is 5.80. The second-order valence-corrected chi connectivity index (χ2v) is 10.1. The Morgan fingerprint density at radius 3 is 2.57 bits per heavy atom. The van der Waals surface area contributed by atoms with Crippen LogP contribution in [0.5, 0.6) is 5.75 Å². The van der Waals surface area contributed by atoms with Gasteiger partial charge in [-0.3, -0.25) is 4.98 Å². The molecule has 8 heteroatoms. The van der Waals surface area contributed by atoms with E-state index in [1.165, 1.54) is 5.56 Å². The molecule has 0 spiro atoms. The molecule has 1 aliphatic rings. The zero-order chi connectivity index (χ0) is 25.9. The van der Waals surface area contributed by atoms with Gasteiger partial charge in [0.25, 0.3) is 0 Å². The molecule has 1 unspecified atom stereocenters. The Morgan fingerprint density at radius 2 is 1.81 bits per heavy atom. The maximum absolute atomic E-state index is 10.6. The molecule has 1 atom stereocenters. The van der Waals surface area contributed by atoms with Crippen LogP contribution in [0.15, 0.2) is 54.6 Å². The molecule has 0 amide bonds. The van der Waals surface area contributed by atoms with Gasteiger partial charge in [-0.25, -0.2) is 4.98 Å². The monoisotopic (exact) mass is 500 g/mol. The zero-order valence-electron chi connectivity index (χ0n) is 21.6. The van der Waals surface area contributed by atoms with E-state index in [0.717, 1.165) is 59.7 Å². The quantitative estimate of drug-likeness (QED) is 0.292. The summed E-state index contributed by atoms with van der Waals surface area (Å²) in [6.07, 6.45) is 1.95.